The SMILES string of the molecule is Cc1cc(Cl)cc2nc(CNC3CCCC3)oc12. The number of benzene rings is 1. The van der Waals surface area contributed by atoms with E-state index in [1.54, 1.807) is 0 Å². The number of nitrogens with zero attached hydrogens (tertiary/aromatic N) is 1. The smallest absolute Gasteiger partial charge is 0.209 e. The molecule has 1 aliphatic carbocycles. The number of nitrogens with one attached hydrogen (secondary N) is 1. The second-order valence-corrected chi connectivity index (χ2v) is 5.48. The normalized spacial score (nSPS) is 16.8. The van der Waals surface area contributed by atoms with E-state index in [9.17, 15) is 0 Å². The number of aryl methyl sites for hydroxylation is 1. The molecular formula is C14H17ClN2O. The van der Waals surface area contributed by atoms with Crippen LogP contribution in [0.4, 0.5) is 0 Å². The van der Waals surface area contributed by atoms with Crippen LogP contribution in [0.1, 0.15) is 37.1 Å². The van der Waals surface area contributed by atoms with Gasteiger partial charge in [-0.25, -0.2) is 4.98 Å². The number of hydrogen-bond donors (Lipinski definition) is 1. The summed E-state index contributed by atoms with van der Waals surface area (Å²) < 4.78 is 5.78. The fourth-order valence-corrected chi connectivity index (χ4v) is 2.91. The molecule has 0 spiro atoms. The molecule has 0 radical (unpaired) electrons. The van der Waals surface area contributed by atoms with E-state index in [2.05, 4.69) is 10.3 Å². The van der Waals surface area contributed by atoms with Crippen LogP contribution < -0.4 is 5.32 Å². The predicted octanol–water partition coefficient (Wildman–Crippen LogP) is 3.82. The first-order valence-corrected chi connectivity index (χ1v) is 6.89. The number of hydrogen-bond acceptors (Lipinski definition) is 3. The zero-order valence-electron chi connectivity index (χ0n) is 10.5. The summed E-state index contributed by atoms with van der Waals surface area (Å²) in [5.41, 5.74) is 2.74. The van der Waals surface area contributed by atoms with Gasteiger partial charge in [0.1, 0.15) is 5.52 Å². The van der Waals surface area contributed by atoms with Gasteiger partial charge in [-0.3, -0.25) is 0 Å². The first-order chi connectivity index (χ1) is 8.72. The summed E-state index contributed by atoms with van der Waals surface area (Å²) in [4.78, 5) is 4.48. The predicted molar refractivity (Wildman–Crippen MR) is 72.9 cm³/mol. The average Bonchev–Trinajstić information content (AvgIpc) is 2.93. The van der Waals surface area contributed by atoms with Gasteiger partial charge in [0.05, 0.1) is 6.54 Å². The highest BCUT2D eigenvalue weighted by molar-refractivity contribution is 6.31. The summed E-state index contributed by atoms with van der Waals surface area (Å²) in [7, 11) is 0. The van der Waals surface area contributed by atoms with E-state index in [1.165, 1.54) is 25.7 Å². The van der Waals surface area contributed by atoms with Gasteiger partial charge in [0, 0.05) is 11.1 Å². The third kappa shape index (κ3) is 2.38. The van der Waals surface area contributed by atoms with Crippen molar-refractivity contribution in [3.63, 3.8) is 0 Å². The molecule has 1 fully saturated rings. The molecule has 1 aromatic heterocycles. The van der Waals surface area contributed by atoms with Crippen molar-refractivity contribution in [1.29, 1.82) is 0 Å². The monoisotopic (exact) mass is 264 g/mol. The summed E-state index contributed by atoms with van der Waals surface area (Å²) >= 11 is 6.02. The van der Waals surface area contributed by atoms with Gasteiger partial charge in [0.2, 0.25) is 5.89 Å². The fraction of sp³-hybridized carbons (Fsp3) is 0.500. The van der Waals surface area contributed by atoms with Gasteiger partial charge in [0.25, 0.3) is 0 Å². The minimum absolute atomic E-state index is 0.629. The number of oxazole rings is 1. The Hall–Kier alpha value is -1.06. The number of fused-ring (bicyclic) bond motifs is 1. The van der Waals surface area contributed by atoms with Crippen molar-refractivity contribution in [3.05, 3.63) is 28.6 Å². The van der Waals surface area contributed by atoms with Gasteiger partial charge in [-0.05, 0) is 37.5 Å². The standard InChI is InChI=1S/C14H17ClN2O/c1-9-6-10(15)7-12-14(9)18-13(17-12)8-16-11-4-2-3-5-11/h6-7,11,16H,2-5,8H2,1H3. The lowest BCUT2D eigenvalue weighted by molar-refractivity contribution is 0.449. The third-order valence-electron chi connectivity index (χ3n) is 3.58. The van der Waals surface area contributed by atoms with Gasteiger partial charge < -0.3 is 9.73 Å². The first kappa shape index (κ1) is 12.0. The van der Waals surface area contributed by atoms with E-state index >= 15 is 0 Å². The van der Waals surface area contributed by atoms with E-state index in [0.717, 1.165) is 22.6 Å². The number of aromatic nitrogens is 1. The summed E-state index contributed by atoms with van der Waals surface area (Å²) in [5.74, 6) is 0.752. The Labute approximate surface area is 112 Å². The molecular weight excluding hydrogens is 248 g/mol. The van der Waals surface area contributed by atoms with Crippen molar-refractivity contribution in [1.82, 2.24) is 10.3 Å². The number of rotatable bonds is 3. The summed E-state index contributed by atoms with van der Waals surface area (Å²) in [6.07, 6.45) is 5.20. The molecule has 3 rings (SSSR count). The maximum Gasteiger partial charge on any atom is 0.209 e. The van der Waals surface area contributed by atoms with E-state index < -0.39 is 0 Å². The highest BCUT2D eigenvalue weighted by Crippen LogP contribution is 2.24. The Bertz CT molecular complexity index is 558. The van der Waals surface area contributed by atoms with Gasteiger partial charge in [0.15, 0.2) is 5.58 Å². The number of halogens is 1. The topological polar surface area (TPSA) is 38.1 Å². The Morgan fingerprint density at radius 1 is 1.39 bits per heavy atom. The molecule has 1 aromatic carbocycles. The Morgan fingerprint density at radius 3 is 2.94 bits per heavy atom. The van der Waals surface area contributed by atoms with Crippen LogP contribution in [0.25, 0.3) is 11.1 Å². The molecule has 1 heterocycles. The molecule has 1 aliphatic rings. The van der Waals surface area contributed by atoms with Crippen molar-refractivity contribution in [2.24, 2.45) is 0 Å². The van der Waals surface area contributed by atoms with Crippen LogP contribution in [0.3, 0.4) is 0 Å². The van der Waals surface area contributed by atoms with E-state index in [-0.39, 0.29) is 0 Å². The molecule has 0 unspecified atom stereocenters. The lowest BCUT2D eigenvalue weighted by Gasteiger charge is -2.08. The van der Waals surface area contributed by atoms with Crippen molar-refractivity contribution in [2.45, 2.75) is 45.2 Å². The highest BCUT2D eigenvalue weighted by atomic mass is 35.5. The minimum Gasteiger partial charge on any atom is -0.439 e. The zero-order valence-corrected chi connectivity index (χ0v) is 11.3. The average molecular weight is 265 g/mol. The second kappa shape index (κ2) is 4.90. The van der Waals surface area contributed by atoms with Gasteiger partial charge >= 0.3 is 0 Å². The van der Waals surface area contributed by atoms with Crippen LogP contribution in [-0.2, 0) is 6.54 Å². The maximum atomic E-state index is 6.02. The Balaban J connectivity index is 1.78. The van der Waals surface area contributed by atoms with Gasteiger partial charge in [-0.1, -0.05) is 24.4 Å². The molecule has 3 nitrogen and oxygen atoms in total. The van der Waals surface area contributed by atoms with E-state index in [1.807, 2.05) is 19.1 Å². The largest absolute Gasteiger partial charge is 0.439 e. The molecule has 1 N–H and O–H groups in total. The lowest BCUT2D eigenvalue weighted by atomic mass is 10.2. The highest BCUT2D eigenvalue weighted by Gasteiger charge is 2.15. The van der Waals surface area contributed by atoms with Gasteiger partial charge in [-0.15, -0.1) is 0 Å². The molecule has 0 atom stereocenters. The van der Waals surface area contributed by atoms with Crippen LogP contribution in [0.5, 0.6) is 0 Å². The Kier molecular flexibility index (Phi) is 3.27. The van der Waals surface area contributed by atoms with Crippen molar-refractivity contribution in [3.8, 4) is 0 Å². The zero-order chi connectivity index (χ0) is 12.5. The van der Waals surface area contributed by atoms with Crippen LogP contribution in [0.15, 0.2) is 16.5 Å². The minimum atomic E-state index is 0.629. The molecule has 4 heteroatoms. The van der Waals surface area contributed by atoms with E-state index in [4.69, 9.17) is 16.0 Å². The molecule has 96 valence electrons. The van der Waals surface area contributed by atoms with Crippen molar-refractivity contribution >= 4 is 22.7 Å². The van der Waals surface area contributed by atoms with Crippen molar-refractivity contribution < 1.29 is 4.42 Å². The second-order valence-electron chi connectivity index (χ2n) is 5.04. The quantitative estimate of drug-likeness (QED) is 0.916. The van der Waals surface area contributed by atoms with Crippen LogP contribution >= 0.6 is 11.6 Å². The maximum absolute atomic E-state index is 6.02. The molecule has 0 bridgehead atoms. The van der Waals surface area contributed by atoms with Crippen LogP contribution in [0.2, 0.25) is 5.02 Å². The molecule has 0 saturated heterocycles. The van der Waals surface area contributed by atoms with Gasteiger partial charge in [-0.2, -0.15) is 0 Å². The van der Waals surface area contributed by atoms with Crippen LogP contribution in [0, 0.1) is 6.92 Å². The van der Waals surface area contributed by atoms with Crippen LogP contribution in [-0.4, -0.2) is 11.0 Å². The fourth-order valence-electron chi connectivity index (χ4n) is 2.64. The van der Waals surface area contributed by atoms with E-state index in [0.29, 0.717) is 17.6 Å². The Morgan fingerprint density at radius 2 is 2.17 bits per heavy atom. The third-order valence-corrected chi connectivity index (χ3v) is 3.80. The molecule has 0 amide bonds. The summed E-state index contributed by atoms with van der Waals surface area (Å²) in [5, 5.41) is 4.22. The molecule has 2 aromatic rings. The first-order valence-electron chi connectivity index (χ1n) is 6.51. The molecule has 18 heavy (non-hydrogen) atoms. The summed E-state index contributed by atoms with van der Waals surface area (Å²) in [6, 6.07) is 4.39. The molecule has 1 saturated carbocycles. The molecule has 0 aliphatic heterocycles. The summed E-state index contributed by atoms with van der Waals surface area (Å²) in [6.45, 7) is 2.70. The van der Waals surface area contributed by atoms with Crippen molar-refractivity contribution in [2.75, 3.05) is 0 Å². The lowest BCUT2D eigenvalue weighted by Crippen LogP contribution is -2.25.